The van der Waals surface area contributed by atoms with E-state index in [1.54, 1.807) is 0 Å². The summed E-state index contributed by atoms with van der Waals surface area (Å²) in [6.45, 7) is 14.7. The first-order valence-corrected chi connectivity index (χ1v) is 19.2. The van der Waals surface area contributed by atoms with Gasteiger partial charge in [0.05, 0.1) is 24.2 Å². The average Bonchev–Trinajstić information content (AvgIpc) is 3.09. The number of ether oxygens (including phenoxy) is 2. The van der Waals surface area contributed by atoms with E-state index >= 15 is 0 Å². The van der Waals surface area contributed by atoms with E-state index < -0.39 is 0 Å². The third-order valence-corrected chi connectivity index (χ3v) is 9.44. The standard InChI is InChI=1S/C42H58N4O2/c1-7-13-15-17-25-47-41-39-33(31(19-9-3)35(43-41)21-11-5)27-29-23-24-30-28-34-32(20-10-4)36(22-12-6)44-42(48-26-18-16-14-8-2)40(34)46-38(30)37(29)45-39/h23-24,27-28H,7-22,25-26H2,1-6H3. The Bertz CT molecular complexity index is 1680. The Morgan fingerprint density at radius 1 is 0.438 bits per heavy atom. The summed E-state index contributed by atoms with van der Waals surface area (Å²) < 4.78 is 12.9. The van der Waals surface area contributed by atoms with Crippen LogP contribution in [0.2, 0.25) is 0 Å². The van der Waals surface area contributed by atoms with Crippen LogP contribution in [0.1, 0.15) is 141 Å². The fourth-order valence-electron chi connectivity index (χ4n) is 7.00. The van der Waals surface area contributed by atoms with E-state index in [4.69, 9.17) is 29.4 Å². The van der Waals surface area contributed by atoms with Crippen LogP contribution in [0.5, 0.6) is 11.8 Å². The smallest absolute Gasteiger partial charge is 0.240 e. The molecule has 258 valence electrons. The molecule has 0 aliphatic rings. The molecule has 0 saturated heterocycles. The van der Waals surface area contributed by atoms with Crippen LogP contribution in [0.3, 0.4) is 0 Å². The third kappa shape index (κ3) is 8.01. The highest BCUT2D eigenvalue weighted by Crippen LogP contribution is 2.37. The number of benzene rings is 1. The minimum atomic E-state index is 0.657. The molecule has 0 bridgehead atoms. The van der Waals surface area contributed by atoms with Gasteiger partial charge in [-0.1, -0.05) is 118 Å². The average molecular weight is 651 g/mol. The third-order valence-electron chi connectivity index (χ3n) is 9.44. The van der Waals surface area contributed by atoms with Gasteiger partial charge in [-0.25, -0.2) is 19.9 Å². The summed E-state index contributed by atoms with van der Waals surface area (Å²) in [5, 5.41) is 4.51. The van der Waals surface area contributed by atoms with Gasteiger partial charge in [-0.05, 0) is 61.8 Å². The molecule has 5 rings (SSSR count). The lowest BCUT2D eigenvalue weighted by molar-refractivity contribution is 0.296. The molecule has 5 aromatic rings. The zero-order valence-electron chi connectivity index (χ0n) is 30.6. The number of hydrogen-bond donors (Lipinski definition) is 0. The van der Waals surface area contributed by atoms with E-state index in [2.05, 4.69) is 65.8 Å². The van der Waals surface area contributed by atoms with Gasteiger partial charge in [-0.3, -0.25) is 0 Å². The number of pyridine rings is 4. The van der Waals surface area contributed by atoms with Crippen LogP contribution in [0.25, 0.3) is 43.6 Å². The highest BCUT2D eigenvalue weighted by molar-refractivity contribution is 6.10. The molecular formula is C42H58N4O2. The zero-order chi connectivity index (χ0) is 33.9. The summed E-state index contributed by atoms with van der Waals surface area (Å²) in [7, 11) is 0. The maximum atomic E-state index is 6.46. The molecule has 0 spiro atoms. The number of unbranched alkanes of at least 4 members (excludes halogenated alkanes) is 6. The molecule has 6 heteroatoms. The summed E-state index contributed by atoms with van der Waals surface area (Å²) in [5.41, 5.74) is 8.40. The number of fused-ring (bicyclic) bond motifs is 5. The Morgan fingerprint density at radius 3 is 1.23 bits per heavy atom. The molecule has 0 aliphatic carbocycles. The van der Waals surface area contributed by atoms with Crippen LogP contribution < -0.4 is 9.47 Å². The van der Waals surface area contributed by atoms with Crippen LogP contribution >= 0.6 is 0 Å². The number of aromatic nitrogens is 4. The van der Waals surface area contributed by atoms with Gasteiger partial charge in [-0.15, -0.1) is 0 Å². The maximum absolute atomic E-state index is 6.46. The molecule has 4 aromatic heterocycles. The van der Waals surface area contributed by atoms with Crippen molar-refractivity contribution in [2.45, 2.75) is 144 Å². The van der Waals surface area contributed by atoms with Crippen LogP contribution in [0.15, 0.2) is 24.3 Å². The van der Waals surface area contributed by atoms with Crippen LogP contribution in [0, 0.1) is 0 Å². The van der Waals surface area contributed by atoms with Crippen LogP contribution in [0.4, 0.5) is 0 Å². The Morgan fingerprint density at radius 2 is 0.854 bits per heavy atom. The molecule has 0 aliphatic heterocycles. The Kier molecular flexibility index (Phi) is 13.2. The minimum Gasteiger partial charge on any atom is -0.476 e. The topological polar surface area (TPSA) is 70.0 Å². The Balaban J connectivity index is 1.73. The summed E-state index contributed by atoms with van der Waals surface area (Å²) in [6, 6.07) is 9.07. The second-order valence-corrected chi connectivity index (χ2v) is 13.5. The van der Waals surface area contributed by atoms with Crippen molar-refractivity contribution in [3.8, 4) is 11.8 Å². The lowest BCUT2D eigenvalue weighted by Gasteiger charge is -2.18. The lowest BCUT2D eigenvalue weighted by Crippen LogP contribution is -2.07. The van der Waals surface area contributed by atoms with Gasteiger partial charge in [-0.2, -0.15) is 0 Å². The maximum Gasteiger partial charge on any atom is 0.240 e. The highest BCUT2D eigenvalue weighted by atomic mass is 16.5. The largest absolute Gasteiger partial charge is 0.476 e. The molecule has 0 radical (unpaired) electrons. The van der Waals surface area contributed by atoms with Gasteiger partial charge in [0, 0.05) is 32.9 Å². The predicted octanol–water partition coefficient (Wildman–Crippen LogP) is 11.6. The van der Waals surface area contributed by atoms with E-state index in [1.165, 1.54) is 60.4 Å². The van der Waals surface area contributed by atoms with Crippen molar-refractivity contribution in [1.29, 1.82) is 0 Å². The summed E-state index contributed by atoms with van der Waals surface area (Å²) >= 11 is 0. The fraction of sp³-hybridized carbons (Fsp3) is 0.571. The van der Waals surface area contributed by atoms with Crippen LogP contribution in [-0.4, -0.2) is 33.1 Å². The second-order valence-electron chi connectivity index (χ2n) is 13.5. The zero-order valence-corrected chi connectivity index (χ0v) is 30.6. The summed E-state index contributed by atoms with van der Waals surface area (Å²) in [4.78, 5) is 21.1. The number of nitrogens with zero attached hydrogens (tertiary/aromatic N) is 4. The molecule has 0 unspecified atom stereocenters. The van der Waals surface area contributed by atoms with E-state index in [-0.39, 0.29) is 0 Å². The van der Waals surface area contributed by atoms with Crippen molar-refractivity contribution >= 4 is 43.6 Å². The van der Waals surface area contributed by atoms with Crippen molar-refractivity contribution in [2.24, 2.45) is 0 Å². The first kappa shape index (κ1) is 35.8. The number of aryl methyl sites for hydroxylation is 4. The molecule has 0 fully saturated rings. The monoisotopic (exact) mass is 650 g/mol. The summed E-state index contributed by atoms with van der Waals surface area (Å²) in [5.74, 6) is 1.33. The quantitative estimate of drug-likeness (QED) is 0.0474. The second kappa shape index (κ2) is 17.7. The minimum absolute atomic E-state index is 0.657. The first-order valence-electron chi connectivity index (χ1n) is 19.2. The van der Waals surface area contributed by atoms with E-state index in [9.17, 15) is 0 Å². The van der Waals surface area contributed by atoms with Crippen molar-refractivity contribution in [1.82, 2.24) is 19.9 Å². The predicted molar refractivity (Wildman–Crippen MR) is 203 cm³/mol. The SMILES string of the molecule is CCCCCCOc1nc(CCC)c(CCC)c2cc3ccc4cc5c(CCC)c(CCC)nc(OCCCCCC)c5nc4c3nc12. The molecule has 4 heterocycles. The normalized spacial score (nSPS) is 11.8. The molecular weight excluding hydrogens is 592 g/mol. The molecule has 0 amide bonds. The molecule has 0 atom stereocenters. The van der Waals surface area contributed by atoms with Crippen molar-refractivity contribution < 1.29 is 9.47 Å². The van der Waals surface area contributed by atoms with Gasteiger partial charge >= 0.3 is 0 Å². The van der Waals surface area contributed by atoms with E-state index in [0.29, 0.717) is 25.0 Å². The van der Waals surface area contributed by atoms with Gasteiger partial charge in [0.15, 0.2) is 0 Å². The van der Waals surface area contributed by atoms with E-state index in [0.717, 1.165) is 108 Å². The van der Waals surface area contributed by atoms with Crippen molar-refractivity contribution in [2.75, 3.05) is 13.2 Å². The highest BCUT2D eigenvalue weighted by Gasteiger charge is 2.21. The van der Waals surface area contributed by atoms with Gasteiger partial charge in [0.2, 0.25) is 11.8 Å². The molecule has 48 heavy (non-hydrogen) atoms. The van der Waals surface area contributed by atoms with Gasteiger partial charge in [0.25, 0.3) is 0 Å². The van der Waals surface area contributed by atoms with Crippen molar-refractivity contribution in [3.05, 3.63) is 46.8 Å². The Labute approximate surface area is 288 Å². The molecule has 0 saturated carbocycles. The van der Waals surface area contributed by atoms with Gasteiger partial charge < -0.3 is 9.47 Å². The van der Waals surface area contributed by atoms with Crippen LogP contribution in [-0.2, 0) is 25.7 Å². The lowest BCUT2D eigenvalue weighted by atomic mass is 9.97. The molecule has 0 N–H and O–H groups in total. The molecule has 1 aromatic carbocycles. The Hall–Kier alpha value is -3.54. The van der Waals surface area contributed by atoms with E-state index in [1.807, 2.05) is 0 Å². The summed E-state index contributed by atoms with van der Waals surface area (Å²) in [6.07, 6.45) is 17.3. The first-order chi connectivity index (χ1) is 23.6. The fourth-order valence-corrected chi connectivity index (χ4v) is 7.00. The number of hydrogen-bond acceptors (Lipinski definition) is 6. The molecule has 6 nitrogen and oxygen atoms in total. The van der Waals surface area contributed by atoms with Crippen molar-refractivity contribution in [3.63, 3.8) is 0 Å². The number of rotatable bonds is 20. The van der Waals surface area contributed by atoms with Gasteiger partial charge in [0.1, 0.15) is 11.0 Å².